The molecule has 3 atom stereocenters. The summed E-state index contributed by atoms with van der Waals surface area (Å²) in [6.07, 6.45) is 2.55. The largest absolute Gasteiger partial charge is 0.386 e. The molecule has 9 nitrogen and oxygen atoms in total. The summed E-state index contributed by atoms with van der Waals surface area (Å²) >= 11 is 6.05. The van der Waals surface area contributed by atoms with Crippen LogP contribution >= 0.6 is 11.6 Å². The Bertz CT molecular complexity index is 1360. The van der Waals surface area contributed by atoms with Crippen LogP contribution in [0.25, 0.3) is 0 Å². The number of fused-ring (bicyclic) bond motifs is 1. The highest BCUT2D eigenvalue weighted by molar-refractivity contribution is 7.95. The van der Waals surface area contributed by atoms with Gasteiger partial charge in [-0.15, -0.1) is 0 Å². The minimum atomic E-state index is -2.82. The van der Waals surface area contributed by atoms with Crippen molar-refractivity contribution < 1.29 is 13.4 Å². The lowest BCUT2D eigenvalue weighted by Gasteiger charge is -2.43. The lowest BCUT2D eigenvalue weighted by Crippen LogP contribution is -2.57. The summed E-state index contributed by atoms with van der Waals surface area (Å²) in [6, 6.07) is 5.61. The molecule has 12 heteroatoms. The first-order valence-electron chi connectivity index (χ1n) is 10.1. The maximum atomic E-state index is 14.9. The number of nitrogens with one attached hydrogen (secondary N) is 1. The van der Waals surface area contributed by atoms with Crippen molar-refractivity contribution in [1.29, 1.82) is 5.26 Å². The topological polar surface area (TPSA) is 146 Å². The van der Waals surface area contributed by atoms with Crippen LogP contribution in [0, 0.1) is 17.1 Å². The second-order valence-electron chi connectivity index (χ2n) is 8.39. The van der Waals surface area contributed by atoms with E-state index in [1.54, 1.807) is 13.8 Å². The normalized spacial score (nSPS) is 28.6. The van der Waals surface area contributed by atoms with Gasteiger partial charge in [0.05, 0.1) is 26.1 Å². The lowest BCUT2D eigenvalue weighted by atomic mass is 9.96. The van der Waals surface area contributed by atoms with Crippen molar-refractivity contribution in [2.45, 2.75) is 37.0 Å². The van der Waals surface area contributed by atoms with Crippen LogP contribution in [0.15, 0.2) is 33.8 Å². The SMILES string of the molecule is C[C@@]1(c2nc(NC(=O)c3ncc(C#N)cc3Cl)ccc2F)C[S@]2(=O)=NCCC[C@]2(C)C(N)=N1. The van der Waals surface area contributed by atoms with Crippen LogP contribution < -0.4 is 11.1 Å². The molecule has 0 saturated heterocycles. The van der Waals surface area contributed by atoms with Gasteiger partial charge in [-0.1, -0.05) is 11.6 Å². The molecule has 0 unspecified atom stereocenters. The Labute approximate surface area is 195 Å². The zero-order chi connectivity index (χ0) is 24.0. The van der Waals surface area contributed by atoms with Crippen LogP contribution in [0.5, 0.6) is 0 Å². The number of rotatable bonds is 3. The van der Waals surface area contributed by atoms with E-state index in [1.165, 1.54) is 18.3 Å². The van der Waals surface area contributed by atoms with Gasteiger partial charge in [0.1, 0.15) is 45.2 Å². The van der Waals surface area contributed by atoms with Crippen LogP contribution in [-0.4, -0.2) is 43.0 Å². The number of pyridine rings is 2. The maximum absolute atomic E-state index is 14.9. The Morgan fingerprint density at radius 1 is 1.39 bits per heavy atom. The van der Waals surface area contributed by atoms with Crippen molar-refractivity contribution in [3.05, 3.63) is 52.2 Å². The third-order valence-electron chi connectivity index (χ3n) is 5.98. The second kappa shape index (κ2) is 8.04. The first-order chi connectivity index (χ1) is 15.5. The Kier molecular flexibility index (Phi) is 5.62. The van der Waals surface area contributed by atoms with Gasteiger partial charge in [-0.05, 0) is 44.9 Å². The summed E-state index contributed by atoms with van der Waals surface area (Å²) < 4.78 is 32.2. The fourth-order valence-electron chi connectivity index (χ4n) is 4.08. The Morgan fingerprint density at radius 3 is 2.85 bits per heavy atom. The smallest absolute Gasteiger partial charge is 0.276 e. The third-order valence-corrected chi connectivity index (χ3v) is 9.65. The number of anilines is 1. The standard InChI is InChI=1S/C21H21ClFN7O2S/c1-20(11-33(32)21(2,19(25)30-20)6-3-7-27-33)17-14(23)4-5-15(28-17)29-18(31)16-13(22)8-12(9-24)10-26-16/h4-5,8,10H,3,6-7,11H2,1-2H3,(H2,25,30)(H,28,29,31)/t20-,21+,33+/m0/s1. The number of nitriles is 1. The van der Waals surface area contributed by atoms with Crippen LogP contribution in [-0.2, 0) is 15.3 Å². The van der Waals surface area contributed by atoms with E-state index >= 15 is 0 Å². The molecule has 2 aromatic rings. The van der Waals surface area contributed by atoms with E-state index in [9.17, 15) is 13.4 Å². The van der Waals surface area contributed by atoms with Crippen molar-refractivity contribution in [1.82, 2.24) is 9.97 Å². The summed E-state index contributed by atoms with van der Waals surface area (Å²) in [4.78, 5) is 25.3. The number of aliphatic imine (C=N–C) groups is 1. The number of halogens is 2. The lowest BCUT2D eigenvalue weighted by molar-refractivity contribution is 0.102. The number of nitrogens with two attached hydrogens (primary N) is 1. The van der Waals surface area contributed by atoms with Gasteiger partial charge in [-0.2, -0.15) is 5.26 Å². The molecule has 2 aliphatic rings. The molecule has 4 heterocycles. The highest BCUT2D eigenvalue weighted by Crippen LogP contribution is 2.42. The predicted molar refractivity (Wildman–Crippen MR) is 123 cm³/mol. The van der Waals surface area contributed by atoms with E-state index in [0.29, 0.717) is 13.0 Å². The van der Waals surface area contributed by atoms with Gasteiger partial charge >= 0.3 is 0 Å². The molecule has 33 heavy (non-hydrogen) atoms. The highest BCUT2D eigenvalue weighted by atomic mass is 35.5. The zero-order valence-corrected chi connectivity index (χ0v) is 19.5. The van der Waals surface area contributed by atoms with E-state index < -0.39 is 31.7 Å². The molecule has 0 aliphatic carbocycles. The van der Waals surface area contributed by atoms with Crippen molar-refractivity contribution >= 4 is 38.9 Å². The molecule has 0 aromatic carbocycles. The summed E-state index contributed by atoms with van der Waals surface area (Å²) in [5.74, 6) is -1.22. The van der Waals surface area contributed by atoms with Crippen LogP contribution in [0.2, 0.25) is 5.02 Å². The molecule has 172 valence electrons. The molecule has 0 saturated carbocycles. The molecule has 0 fully saturated rings. The summed E-state index contributed by atoms with van der Waals surface area (Å²) in [5.41, 5.74) is 4.90. The maximum Gasteiger partial charge on any atom is 0.276 e. The van der Waals surface area contributed by atoms with Gasteiger partial charge in [0.2, 0.25) is 0 Å². The van der Waals surface area contributed by atoms with Crippen LogP contribution in [0.4, 0.5) is 10.2 Å². The van der Waals surface area contributed by atoms with E-state index in [1.807, 2.05) is 6.07 Å². The average molecular weight is 490 g/mol. The monoisotopic (exact) mass is 489 g/mol. The second-order valence-corrected chi connectivity index (χ2v) is 11.5. The highest BCUT2D eigenvalue weighted by Gasteiger charge is 2.51. The minimum absolute atomic E-state index is 0.0133. The molecular weight excluding hydrogens is 469 g/mol. The zero-order valence-electron chi connectivity index (χ0n) is 17.9. The van der Waals surface area contributed by atoms with Crippen LogP contribution in [0.3, 0.4) is 0 Å². The first-order valence-corrected chi connectivity index (χ1v) is 12.2. The summed E-state index contributed by atoms with van der Waals surface area (Å²) in [6.45, 7) is 3.83. The average Bonchev–Trinajstić information content (AvgIpc) is 2.76. The molecule has 0 bridgehead atoms. The van der Waals surface area contributed by atoms with Gasteiger partial charge in [-0.3, -0.25) is 9.79 Å². The predicted octanol–water partition coefficient (Wildman–Crippen LogP) is 3.00. The van der Waals surface area contributed by atoms with Gasteiger partial charge in [-0.25, -0.2) is 22.9 Å². The minimum Gasteiger partial charge on any atom is -0.386 e. The van der Waals surface area contributed by atoms with Gasteiger partial charge < -0.3 is 11.1 Å². The molecule has 4 rings (SSSR count). The number of amidine groups is 1. The number of nitrogens with zero attached hydrogens (tertiary/aromatic N) is 5. The van der Waals surface area contributed by atoms with Gasteiger partial charge in [0.25, 0.3) is 5.91 Å². The Balaban J connectivity index is 1.70. The van der Waals surface area contributed by atoms with Crippen molar-refractivity contribution in [3.8, 4) is 6.07 Å². The van der Waals surface area contributed by atoms with Crippen LogP contribution in [0.1, 0.15) is 48.4 Å². The van der Waals surface area contributed by atoms with E-state index in [2.05, 4.69) is 24.6 Å². The van der Waals surface area contributed by atoms with Gasteiger partial charge in [0.15, 0.2) is 0 Å². The first kappa shape index (κ1) is 23.1. The molecular formula is C21H21ClFN7O2S. The fourth-order valence-corrected chi connectivity index (χ4v) is 7.25. The molecule has 0 spiro atoms. The van der Waals surface area contributed by atoms with Gasteiger partial charge in [0, 0.05) is 12.7 Å². The van der Waals surface area contributed by atoms with Crippen molar-refractivity contribution in [2.24, 2.45) is 15.1 Å². The Hall–Kier alpha value is -3.10. The van der Waals surface area contributed by atoms with E-state index in [0.717, 1.165) is 12.5 Å². The van der Waals surface area contributed by atoms with Crippen molar-refractivity contribution in [2.75, 3.05) is 17.6 Å². The molecule has 3 N–H and O–H groups in total. The summed E-state index contributed by atoms with van der Waals surface area (Å²) in [7, 11) is -2.82. The number of carbonyl (C=O) groups excluding carboxylic acids is 1. The number of hydrogen-bond donors (Lipinski definition) is 2. The number of hydrogen-bond acceptors (Lipinski definition) is 8. The molecule has 2 aromatic heterocycles. The third kappa shape index (κ3) is 3.83. The number of carbonyl (C=O) groups is 1. The summed E-state index contributed by atoms with van der Waals surface area (Å²) in [5, 5.41) is 11.4. The number of amides is 1. The quantitative estimate of drug-likeness (QED) is 0.677. The number of aromatic nitrogens is 2. The van der Waals surface area contributed by atoms with E-state index in [4.69, 9.17) is 22.6 Å². The fraction of sp³-hybridized carbons (Fsp3) is 0.381. The molecule has 2 aliphatic heterocycles. The Morgan fingerprint density at radius 2 is 2.15 bits per heavy atom. The van der Waals surface area contributed by atoms with Crippen molar-refractivity contribution in [3.63, 3.8) is 0 Å². The van der Waals surface area contributed by atoms with E-state index in [-0.39, 0.29) is 39.4 Å². The molecule has 0 radical (unpaired) electrons. The molecule has 1 amide bonds.